The number of para-hydroxylation sites is 1. The van der Waals surface area contributed by atoms with Crippen LogP contribution in [-0.4, -0.2) is 30.7 Å². The molecule has 2 aliphatic rings. The molecular weight excluding hydrogens is 244 g/mol. The summed E-state index contributed by atoms with van der Waals surface area (Å²) < 4.78 is 0. The number of Topliss-reactive ketones (excluding diaryl/α,β-unsaturated/α-hetero) is 1. The summed E-state index contributed by atoms with van der Waals surface area (Å²) in [6.07, 6.45) is 2.31. The van der Waals surface area contributed by atoms with E-state index in [4.69, 9.17) is 0 Å². The molecule has 1 N–H and O–H groups in total. The van der Waals surface area contributed by atoms with Crippen LogP contribution in [0, 0.1) is 5.92 Å². The van der Waals surface area contributed by atoms with Gasteiger partial charge in [-0.05, 0) is 30.9 Å². The van der Waals surface area contributed by atoms with Crippen LogP contribution < -0.4 is 10.2 Å². The average Bonchev–Trinajstić information content (AvgIpc) is 3.22. The number of rotatable bonds is 4. The van der Waals surface area contributed by atoms with Crippen molar-refractivity contribution in [2.24, 2.45) is 5.92 Å². The minimum absolute atomic E-state index is 0.0890. The molecule has 0 spiro atoms. The molecule has 2 amide bonds. The number of nitrogens with one attached hydrogen (secondary N) is 1. The first-order chi connectivity index (χ1) is 9.16. The van der Waals surface area contributed by atoms with Crippen LogP contribution in [0.1, 0.15) is 23.2 Å². The van der Waals surface area contributed by atoms with Crippen LogP contribution in [-0.2, 0) is 9.59 Å². The van der Waals surface area contributed by atoms with E-state index >= 15 is 0 Å². The highest BCUT2D eigenvalue weighted by molar-refractivity contribution is 6.52. The molecule has 5 nitrogen and oxygen atoms in total. The Labute approximate surface area is 110 Å². The van der Waals surface area contributed by atoms with Crippen LogP contribution in [0.4, 0.5) is 5.69 Å². The molecule has 1 aliphatic heterocycles. The molecule has 98 valence electrons. The van der Waals surface area contributed by atoms with Crippen molar-refractivity contribution < 1.29 is 14.4 Å². The van der Waals surface area contributed by atoms with E-state index < -0.39 is 11.7 Å². The van der Waals surface area contributed by atoms with Crippen molar-refractivity contribution in [1.82, 2.24) is 5.32 Å². The first-order valence-corrected chi connectivity index (χ1v) is 6.39. The number of benzene rings is 1. The molecule has 0 radical (unpaired) electrons. The fourth-order valence-electron chi connectivity index (χ4n) is 2.18. The standard InChI is InChI=1S/C14H14N2O3/c17-12(15-7-9-5-6-9)8-16-11-4-2-1-3-10(11)13(18)14(16)19/h1-4,9H,5-8H2,(H,15,17). The van der Waals surface area contributed by atoms with E-state index in [1.54, 1.807) is 24.3 Å². The second-order valence-corrected chi connectivity index (χ2v) is 4.99. The Morgan fingerprint density at radius 1 is 1.26 bits per heavy atom. The zero-order chi connectivity index (χ0) is 13.4. The van der Waals surface area contributed by atoms with E-state index in [0.717, 1.165) is 12.8 Å². The number of ketones is 1. The van der Waals surface area contributed by atoms with Gasteiger partial charge in [0.1, 0.15) is 6.54 Å². The number of carbonyl (C=O) groups is 3. The maximum Gasteiger partial charge on any atom is 0.299 e. The summed E-state index contributed by atoms with van der Waals surface area (Å²) >= 11 is 0. The first-order valence-electron chi connectivity index (χ1n) is 6.39. The molecule has 1 aliphatic carbocycles. The third-order valence-corrected chi connectivity index (χ3v) is 3.47. The first kappa shape index (κ1) is 11.9. The van der Waals surface area contributed by atoms with Crippen molar-refractivity contribution in [3.8, 4) is 0 Å². The molecule has 3 rings (SSSR count). The molecule has 0 saturated heterocycles. The van der Waals surface area contributed by atoms with Gasteiger partial charge in [-0.2, -0.15) is 0 Å². The number of hydrogen-bond acceptors (Lipinski definition) is 3. The maximum atomic E-state index is 11.8. The Bertz CT molecular complexity index is 564. The molecule has 1 saturated carbocycles. The lowest BCUT2D eigenvalue weighted by Crippen LogP contribution is -2.40. The number of fused-ring (bicyclic) bond motifs is 1. The van der Waals surface area contributed by atoms with Gasteiger partial charge >= 0.3 is 0 Å². The van der Waals surface area contributed by atoms with Crippen molar-refractivity contribution in [1.29, 1.82) is 0 Å². The highest BCUT2D eigenvalue weighted by Gasteiger charge is 2.36. The van der Waals surface area contributed by atoms with Gasteiger partial charge in [0.25, 0.3) is 11.7 Å². The number of anilines is 1. The molecule has 0 unspecified atom stereocenters. The second kappa shape index (κ2) is 4.50. The van der Waals surface area contributed by atoms with E-state index in [2.05, 4.69) is 5.32 Å². The van der Waals surface area contributed by atoms with E-state index in [9.17, 15) is 14.4 Å². The molecule has 19 heavy (non-hydrogen) atoms. The Balaban J connectivity index is 1.71. The normalized spacial score (nSPS) is 17.6. The van der Waals surface area contributed by atoms with E-state index in [1.807, 2.05) is 0 Å². The summed E-state index contributed by atoms with van der Waals surface area (Å²) in [6, 6.07) is 6.75. The summed E-state index contributed by atoms with van der Waals surface area (Å²) in [5, 5.41) is 2.79. The van der Waals surface area contributed by atoms with Crippen molar-refractivity contribution in [3.63, 3.8) is 0 Å². The molecule has 1 aromatic carbocycles. The number of nitrogens with zero attached hydrogens (tertiary/aromatic N) is 1. The van der Waals surface area contributed by atoms with Gasteiger partial charge in [-0.3, -0.25) is 19.3 Å². The lowest BCUT2D eigenvalue weighted by Gasteiger charge is -2.15. The molecule has 1 aromatic rings. The molecule has 1 fully saturated rings. The van der Waals surface area contributed by atoms with Crippen LogP contribution in [0.15, 0.2) is 24.3 Å². The lowest BCUT2D eigenvalue weighted by atomic mass is 10.1. The van der Waals surface area contributed by atoms with Gasteiger partial charge in [0.15, 0.2) is 0 Å². The molecule has 0 atom stereocenters. The average molecular weight is 258 g/mol. The van der Waals surface area contributed by atoms with Gasteiger partial charge in [-0.1, -0.05) is 12.1 Å². The largest absolute Gasteiger partial charge is 0.354 e. The van der Waals surface area contributed by atoms with Crippen LogP contribution in [0.5, 0.6) is 0 Å². The van der Waals surface area contributed by atoms with E-state index in [-0.39, 0.29) is 12.5 Å². The SMILES string of the molecule is O=C(CN1C(=O)C(=O)c2ccccc21)NCC1CC1. The van der Waals surface area contributed by atoms with Gasteiger partial charge in [0.05, 0.1) is 11.3 Å². The van der Waals surface area contributed by atoms with Crippen molar-refractivity contribution in [2.75, 3.05) is 18.0 Å². The van der Waals surface area contributed by atoms with Crippen molar-refractivity contribution in [2.45, 2.75) is 12.8 Å². The fourth-order valence-corrected chi connectivity index (χ4v) is 2.18. The summed E-state index contributed by atoms with van der Waals surface area (Å²) in [4.78, 5) is 36.6. The number of carbonyl (C=O) groups excluding carboxylic acids is 3. The van der Waals surface area contributed by atoms with Crippen molar-refractivity contribution >= 4 is 23.3 Å². The summed E-state index contributed by atoms with van der Waals surface area (Å²) in [6.45, 7) is 0.574. The van der Waals surface area contributed by atoms with Crippen LogP contribution in [0.2, 0.25) is 0 Å². The Morgan fingerprint density at radius 3 is 2.74 bits per heavy atom. The molecule has 0 bridgehead atoms. The molecule has 0 aromatic heterocycles. The van der Waals surface area contributed by atoms with Gasteiger partial charge in [0.2, 0.25) is 5.91 Å². The highest BCUT2D eigenvalue weighted by atomic mass is 16.2. The van der Waals surface area contributed by atoms with Crippen molar-refractivity contribution in [3.05, 3.63) is 29.8 Å². The Kier molecular flexibility index (Phi) is 2.81. The fraction of sp³-hybridized carbons (Fsp3) is 0.357. The maximum absolute atomic E-state index is 11.8. The smallest absolute Gasteiger partial charge is 0.299 e. The quantitative estimate of drug-likeness (QED) is 0.810. The van der Waals surface area contributed by atoms with Gasteiger partial charge in [0, 0.05) is 6.54 Å². The highest BCUT2D eigenvalue weighted by Crippen LogP contribution is 2.29. The Hall–Kier alpha value is -2.17. The topological polar surface area (TPSA) is 66.5 Å². The number of amides is 2. The van der Waals surface area contributed by atoms with E-state index in [1.165, 1.54) is 4.90 Å². The van der Waals surface area contributed by atoms with Gasteiger partial charge in [-0.15, -0.1) is 0 Å². The summed E-state index contributed by atoms with van der Waals surface area (Å²) in [7, 11) is 0. The molecule has 5 heteroatoms. The van der Waals surface area contributed by atoms with Crippen LogP contribution in [0.25, 0.3) is 0 Å². The third kappa shape index (κ3) is 2.23. The predicted octanol–water partition coefficient (Wildman–Crippen LogP) is 0.742. The zero-order valence-corrected chi connectivity index (χ0v) is 10.4. The summed E-state index contributed by atoms with van der Waals surface area (Å²) in [5.41, 5.74) is 0.904. The minimum atomic E-state index is -0.622. The second-order valence-electron chi connectivity index (χ2n) is 4.99. The van der Waals surface area contributed by atoms with E-state index in [0.29, 0.717) is 23.7 Å². The summed E-state index contributed by atoms with van der Waals surface area (Å²) in [5.74, 6) is -0.787. The Morgan fingerprint density at radius 2 is 2.00 bits per heavy atom. The van der Waals surface area contributed by atoms with Crippen LogP contribution in [0.3, 0.4) is 0 Å². The lowest BCUT2D eigenvalue weighted by molar-refractivity contribution is -0.122. The van der Waals surface area contributed by atoms with Gasteiger partial charge < -0.3 is 5.32 Å². The monoisotopic (exact) mass is 258 g/mol. The minimum Gasteiger partial charge on any atom is -0.354 e. The van der Waals surface area contributed by atoms with Gasteiger partial charge in [-0.25, -0.2) is 0 Å². The third-order valence-electron chi connectivity index (χ3n) is 3.47. The zero-order valence-electron chi connectivity index (χ0n) is 10.4. The number of hydrogen-bond donors (Lipinski definition) is 1. The predicted molar refractivity (Wildman–Crippen MR) is 68.9 cm³/mol. The molecule has 1 heterocycles. The molecular formula is C14H14N2O3. The van der Waals surface area contributed by atoms with Crippen LogP contribution >= 0.6 is 0 Å².